The normalized spacial score (nSPS) is 9.54. The predicted molar refractivity (Wildman–Crippen MR) is 43.8 cm³/mol. The second-order valence-corrected chi connectivity index (χ2v) is 2.37. The third kappa shape index (κ3) is 1.89. The Labute approximate surface area is 74.4 Å². The SMILES string of the molecule is N#CCCn1cnc(N=O)c1CO. The van der Waals surface area contributed by atoms with Gasteiger partial charge in [0, 0.05) is 6.54 Å². The lowest BCUT2D eigenvalue weighted by Gasteiger charge is -2.01. The van der Waals surface area contributed by atoms with Gasteiger partial charge in [0.1, 0.15) is 0 Å². The summed E-state index contributed by atoms with van der Waals surface area (Å²) in [7, 11) is 0. The Morgan fingerprint density at radius 3 is 3.08 bits per heavy atom. The first-order chi connectivity index (χ1) is 6.33. The van der Waals surface area contributed by atoms with Crippen LogP contribution in [-0.2, 0) is 13.2 Å². The molecular formula is C7H8N4O2. The zero-order valence-electron chi connectivity index (χ0n) is 6.84. The van der Waals surface area contributed by atoms with E-state index in [4.69, 9.17) is 10.4 Å². The molecule has 1 rings (SSSR count). The van der Waals surface area contributed by atoms with E-state index in [-0.39, 0.29) is 12.4 Å². The molecule has 1 aromatic heterocycles. The van der Waals surface area contributed by atoms with Crippen LogP contribution < -0.4 is 0 Å². The summed E-state index contributed by atoms with van der Waals surface area (Å²) in [5.41, 5.74) is 0.352. The first kappa shape index (κ1) is 9.35. The van der Waals surface area contributed by atoms with Crippen LogP contribution in [0.25, 0.3) is 0 Å². The highest BCUT2D eigenvalue weighted by Gasteiger charge is 2.09. The van der Waals surface area contributed by atoms with Gasteiger partial charge in [-0.1, -0.05) is 0 Å². The maximum Gasteiger partial charge on any atom is 0.220 e. The summed E-state index contributed by atoms with van der Waals surface area (Å²) in [6.07, 6.45) is 1.70. The van der Waals surface area contributed by atoms with E-state index in [9.17, 15) is 4.91 Å². The molecule has 6 heteroatoms. The molecule has 0 aliphatic heterocycles. The topological polar surface area (TPSA) is 91.3 Å². The van der Waals surface area contributed by atoms with E-state index in [1.807, 2.05) is 6.07 Å². The molecule has 0 unspecified atom stereocenters. The highest BCUT2D eigenvalue weighted by atomic mass is 16.3. The molecule has 0 atom stereocenters. The van der Waals surface area contributed by atoms with Crippen LogP contribution in [0.4, 0.5) is 5.82 Å². The van der Waals surface area contributed by atoms with E-state index in [0.717, 1.165) is 0 Å². The molecule has 0 saturated heterocycles. The van der Waals surface area contributed by atoms with Gasteiger partial charge in [-0.05, 0) is 5.18 Å². The Morgan fingerprint density at radius 2 is 2.54 bits per heavy atom. The maximum absolute atomic E-state index is 10.2. The molecule has 68 valence electrons. The van der Waals surface area contributed by atoms with Gasteiger partial charge in [-0.3, -0.25) is 0 Å². The highest BCUT2D eigenvalue weighted by Crippen LogP contribution is 2.16. The Kier molecular flexibility index (Phi) is 3.11. The van der Waals surface area contributed by atoms with Crippen LogP contribution in [0.5, 0.6) is 0 Å². The number of imidazole rings is 1. The number of nitriles is 1. The van der Waals surface area contributed by atoms with Crippen molar-refractivity contribution in [1.82, 2.24) is 9.55 Å². The molecule has 0 bridgehead atoms. The number of aryl methyl sites for hydroxylation is 1. The van der Waals surface area contributed by atoms with Crippen molar-refractivity contribution in [2.45, 2.75) is 19.6 Å². The average Bonchev–Trinajstić information content (AvgIpc) is 2.56. The smallest absolute Gasteiger partial charge is 0.220 e. The van der Waals surface area contributed by atoms with Crippen LogP contribution in [0.2, 0.25) is 0 Å². The molecule has 0 fully saturated rings. The van der Waals surface area contributed by atoms with Crippen LogP contribution in [0, 0.1) is 16.2 Å². The molecule has 0 aliphatic carbocycles. The lowest BCUT2D eigenvalue weighted by atomic mass is 10.4. The van der Waals surface area contributed by atoms with Gasteiger partial charge >= 0.3 is 0 Å². The van der Waals surface area contributed by atoms with Crippen molar-refractivity contribution >= 4 is 5.82 Å². The van der Waals surface area contributed by atoms with Crippen molar-refractivity contribution < 1.29 is 5.11 Å². The largest absolute Gasteiger partial charge is 0.390 e. The molecule has 6 nitrogen and oxygen atoms in total. The fourth-order valence-electron chi connectivity index (χ4n) is 0.998. The number of nitrogens with zero attached hydrogens (tertiary/aromatic N) is 4. The molecular weight excluding hydrogens is 172 g/mol. The lowest BCUT2D eigenvalue weighted by Crippen LogP contribution is -2.01. The van der Waals surface area contributed by atoms with Gasteiger partial charge in [0.25, 0.3) is 0 Å². The molecule has 1 heterocycles. The standard InChI is InChI=1S/C7H8N4O2/c8-2-1-3-11-5-9-7(10-13)6(11)4-12/h5,12H,1,3-4H2. The van der Waals surface area contributed by atoms with Gasteiger partial charge in [0.05, 0.1) is 31.1 Å². The van der Waals surface area contributed by atoms with Crippen molar-refractivity contribution in [1.29, 1.82) is 5.26 Å². The van der Waals surface area contributed by atoms with E-state index in [1.165, 1.54) is 6.33 Å². The number of hydrogen-bond acceptors (Lipinski definition) is 5. The number of nitroso groups, excluding NO2 is 1. The average molecular weight is 180 g/mol. The number of aliphatic hydroxyl groups excluding tert-OH is 1. The molecule has 0 aliphatic rings. The molecule has 0 spiro atoms. The second-order valence-electron chi connectivity index (χ2n) is 2.37. The molecule has 1 N–H and O–H groups in total. The number of hydrogen-bond donors (Lipinski definition) is 1. The molecule has 0 radical (unpaired) electrons. The minimum Gasteiger partial charge on any atom is -0.390 e. The predicted octanol–water partition coefficient (Wildman–Crippen LogP) is 0.687. The van der Waals surface area contributed by atoms with E-state index in [2.05, 4.69) is 10.2 Å². The first-order valence-corrected chi connectivity index (χ1v) is 3.68. The van der Waals surface area contributed by atoms with Gasteiger partial charge < -0.3 is 9.67 Å². The minimum absolute atomic E-state index is 0.0135. The van der Waals surface area contributed by atoms with Gasteiger partial charge in [-0.2, -0.15) is 5.26 Å². The minimum atomic E-state index is -0.299. The Balaban J connectivity index is 2.88. The van der Waals surface area contributed by atoms with Crippen molar-refractivity contribution in [2.24, 2.45) is 5.18 Å². The van der Waals surface area contributed by atoms with Gasteiger partial charge in [-0.15, -0.1) is 4.91 Å². The van der Waals surface area contributed by atoms with Gasteiger partial charge in [0.15, 0.2) is 0 Å². The van der Waals surface area contributed by atoms with Crippen LogP contribution in [0.1, 0.15) is 12.1 Å². The summed E-state index contributed by atoms with van der Waals surface area (Å²) in [5.74, 6) is -0.0135. The molecule has 0 amide bonds. The maximum atomic E-state index is 10.2. The third-order valence-corrected chi connectivity index (χ3v) is 1.62. The van der Waals surface area contributed by atoms with E-state index < -0.39 is 0 Å². The van der Waals surface area contributed by atoms with E-state index in [0.29, 0.717) is 18.7 Å². The Morgan fingerprint density at radius 1 is 1.77 bits per heavy atom. The number of rotatable bonds is 4. The molecule has 0 aromatic carbocycles. The van der Waals surface area contributed by atoms with Crippen molar-refractivity contribution in [3.05, 3.63) is 16.9 Å². The monoisotopic (exact) mass is 180 g/mol. The summed E-state index contributed by atoms with van der Waals surface area (Å²) >= 11 is 0. The zero-order chi connectivity index (χ0) is 9.68. The van der Waals surface area contributed by atoms with Crippen LogP contribution in [0.15, 0.2) is 11.5 Å². The van der Waals surface area contributed by atoms with Crippen LogP contribution in [-0.4, -0.2) is 14.7 Å². The summed E-state index contributed by atoms with van der Waals surface area (Å²) in [6.45, 7) is 0.113. The summed E-state index contributed by atoms with van der Waals surface area (Å²) in [4.78, 5) is 13.8. The molecule has 13 heavy (non-hydrogen) atoms. The Hall–Kier alpha value is -1.74. The summed E-state index contributed by atoms with van der Waals surface area (Å²) < 4.78 is 1.54. The molecule has 1 aromatic rings. The van der Waals surface area contributed by atoms with E-state index >= 15 is 0 Å². The number of aliphatic hydroxyl groups is 1. The van der Waals surface area contributed by atoms with Crippen molar-refractivity contribution in [3.8, 4) is 6.07 Å². The van der Waals surface area contributed by atoms with Crippen molar-refractivity contribution in [3.63, 3.8) is 0 Å². The summed E-state index contributed by atoms with van der Waals surface area (Å²) in [5, 5.41) is 19.8. The Bertz CT molecular complexity index is 339. The lowest BCUT2D eigenvalue weighted by molar-refractivity contribution is 0.271. The van der Waals surface area contributed by atoms with Crippen molar-refractivity contribution in [2.75, 3.05) is 0 Å². The fourth-order valence-corrected chi connectivity index (χ4v) is 0.998. The first-order valence-electron chi connectivity index (χ1n) is 3.68. The second kappa shape index (κ2) is 4.33. The fraction of sp³-hybridized carbons (Fsp3) is 0.429. The van der Waals surface area contributed by atoms with E-state index in [1.54, 1.807) is 4.57 Å². The van der Waals surface area contributed by atoms with Gasteiger partial charge in [-0.25, -0.2) is 4.98 Å². The highest BCUT2D eigenvalue weighted by molar-refractivity contribution is 5.33. The van der Waals surface area contributed by atoms with Crippen LogP contribution >= 0.6 is 0 Å². The van der Waals surface area contributed by atoms with Crippen LogP contribution in [0.3, 0.4) is 0 Å². The zero-order valence-corrected chi connectivity index (χ0v) is 6.84. The summed E-state index contributed by atoms with van der Waals surface area (Å²) in [6, 6.07) is 1.96. The number of aromatic nitrogens is 2. The molecule has 0 saturated carbocycles. The quantitative estimate of drug-likeness (QED) is 0.690. The van der Waals surface area contributed by atoms with Gasteiger partial charge in [0.2, 0.25) is 5.82 Å². The third-order valence-electron chi connectivity index (χ3n) is 1.62.